The summed E-state index contributed by atoms with van der Waals surface area (Å²) in [4.78, 5) is 26.2. The van der Waals surface area contributed by atoms with Gasteiger partial charge in [-0.3, -0.25) is 9.89 Å². The van der Waals surface area contributed by atoms with Gasteiger partial charge in [-0.25, -0.2) is 4.98 Å². The van der Waals surface area contributed by atoms with Gasteiger partial charge in [0.05, 0.1) is 35.3 Å². The number of nitrogens with zero attached hydrogens (tertiary/aromatic N) is 7. The summed E-state index contributed by atoms with van der Waals surface area (Å²) in [7, 11) is 2.13. The van der Waals surface area contributed by atoms with Gasteiger partial charge >= 0.3 is 0 Å². The molecule has 0 bridgehead atoms. The molecule has 0 spiro atoms. The van der Waals surface area contributed by atoms with Crippen LogP contribution in [0.5, 0.6) is 5.88 Å². The summed E-state index contributed by atoms with van der Waals surface area (Å²) in [6.07, 6.45) is 6.25. The largest absolute Gasteiger partial charge is 0.475 e. The number of rotatable bonds is 6. The molecule has 3 aliphatic rings. The van der Waals surface area contributed by atoms with E-state index in [0.717, 1.165) is 65.9 Å². The SMILES string of the molecule is C=CC(=O)N1CCN(c2c(C#N)c(OC[C@@H]3CCCN3C)nc3c2CCN(c2c(C)ccc4[nH]ncc24)C3)[C@@H](C)C1. The molecule has 1 amide bonds. The number of aryl methyl sites for hydroxylation is 1. The summed E-state index contributed by atoms with van der Waals surface area (Å²) in [5.74, 6) is 0.358. The molecule has 10 nitrogen and oxygen atoms in total. The Kier molecular flexibility index (Phi) is 7.30. The molecule has 2 fully saturated rings. The van der Waals surface area contributed by atoms with E-state index in [-0.39, 0.29) is 11.9 Å². The fraction of sp³-hybridized carbons (Fsp3) is 0.484. The number of ether oxygens (including phenoxy) is 1. The number of hydrogen-bond acceptors (Lipinski definition) is 8. The number of piperazine rings is 1. The van der Waals surface area contributed by atoms with E-state index in [1.54, 1.807) is 0 Å². The lowest BCUT2D eigenvalue weighted by Gasteiger charge is -2.43. The number of hydrogen-bond donors (Lipinski definition) is 1. The zero-order chi connectivity index (χ0) is 28.7. The van der Waals surface area contributed by atoms with E-state index in [4.69, 9.17) is 9.72 Å². The van der Waals surface area contributed by atoms with Crippen LogP contribution in [0.25, 0.3) is 10.9 Å². The summed E-state index contributed by atoms with van der Waals surface area (Å²) in [6.45, 7) is 12.7. The number of carbonyl (C=O) groups excluding carboxylic acids is 1. The first-order chi connectivity index (χ1) is 19.9. The van der Waals surface area contributed by atoms with Crippen molar-refractivity contribution in [1.29, 1.82) is 5.26 Å². The molecule has 0 aliphatic carbocycles. The Balaban J connectivity index is 1.40. The first-order valence-electron chi connectivity index (χ1n) is 14.5. The van der Waals surface area contributed by atoms with E-state index in [2.05, 4.69) is 70.6 Å². The number of pyridine rings is 1. The molecule has 0 radical (unpaired) electrons. The van der Waals surface area contributed by atoms with Crippen molar-refractivity contribution in [1.82, 2.24) is 25.0 Å². The van der Waals surface area contributed by atoms with Crippen LogP contribution in [0.4, 0.5) is 11.4 Å². The second-order valence-corrected chi connectivity index (χ2v) is 11.5. The van der Waals surface area contributed by atoms with Gasteiger partial charge in [-0.15, -0.1) is 0 Å². The topological polar surface area (TPSA) is 105 Å². The average molecular weight is 555 g/mol. The highest BCUT2D eigenvalue weighted by molar-refractivity contribution is 5.93. The molecule has 0 saturated carbocycles. The average Bonchev–Trinajstić information content (AvgIpc) is 3.63. The number of anilines is 2. The van der Waals surface area contributed by atoms with Crippen molar-refractivity contribution in [3.8, 4) is 11.9 Å². The highest BCUT2D eigenvalue weighted by atomic mass is 16.5. The predicted molar refractivity (Wildman–Crippen MR) is 159 cm³/mol. The van der Waals surface area contributed by atoms with Crippen molar-refractivity contribution < 1.29 is 9.53 Å². The molecule has 0 unspecified atom stereocenters. The highest BCUT2D eigenvalue weighted by Gasteiger charge is 2.34. The smallest absolute Gasteiger partial charge is 0.246 e. The maximum Gasteiger partial charge on any atom is 0.246 e. The monoisotopic (exact) mass is 554 g/mol. The van der Waals surface area contributed by atoms with Gasteiger partial charge < -0.3 is 24.3 Å². The predicted octanol–water partition coefficient (Wildman–Crippen LogP) is 3.40. The molecule has 3 aliphatic heterocycles. The fourth-order valence-corrected chi connectivity index (χ4v) is 6.76. The zero-order valence-corrected chi connectivity index (χ0v) is 24.2. The molecule has 5 heterocycles. The first kappa shape index (κ1) is 27.1. The van der Waals surface area contributed by atoms with E-state index in [9.17, 15) is 10.1 Å². The number of nitriles is 1. The van der Waals surface area contributed by atoms with Crippen molar-refractivity contribution in [2.24, 2.45) is 0 Å². The Morgan fingerprint density at radius 3 is 2.85 bits per heavy atom. The number of likely N-dealkylation sites (N-methyl/N-ethyl adjacent to an activating group) is 1. The molecule has 1 aromatic carbocycles. The lowest BCUT2D eigenvalue weighted by molar-refractivity contribution is -0.126. The Bertz CT molecular complexity index is 1520. The maximum absolute atomic E-state index is 12.4. The molecular weight excluding hydrogens is 516 g/mol. The summed E-state index contributed by atoms with van der Waals surface area (Å²) < 4.78 is 6.40. The van der Waals surface area contributed by atoms with Gasteiger partial charge in [-0.05, 0) is 64.4 Å². The molecule has 214 valence electrons. The van der Waals surface area contributed by atoms with Gasteiger partial charge in [0.25, 0.3) is 0 Å². The van der Waals surface area contributed by atoms with Gasteiger partial charge in [0.2, 0.25) is 11.8 Å². The molecule has 3 aromatic rings. The van der Waals surface area contributed by atoms with E-state index in [0.29, 0.717) is 50.3 Å². The number of nitrogens with one attached hydrogen (secondary N) is 1. The lowest BCUT2D eigenvalue weighted by atomic mass is 9.96. The van der Waals surface area contributed by atoms with Crippen LogP contribution < -0.4 is 14.5 Å². The van der Waals surface area contributed by atoms with Crippen LogP contribution in [0.15, 0.2) is 31.0 Å². The van der Waals surface area contributed by atoms with Crippen molar-refractivity contribution in [3.63, 3.8) is 0 Å². The highest BCUT2D eigenvalue weighted by Crippen LogP contribution is 2.40. The van der Waals surface area contributed by atoms with Gasteiger partial charge in [-0.2, -0.15) is 10.4 Å². The molecule has 2 aromatic heterocycles. The standard InChI is InChI=1S/C31H38N8O2/c1-5-28(40)37-13-14-39(21(3)17-37)30-23-10-12-38(29-20(2)8-9-26-25(29)16-33-35-26)18-27(23)34-31(24(30)15-32)41-19-22-7-6-11-36(22)4/h5,8-9,16,21-22H,1,6-7,10-14,17-19H2,2-4H3,(H,33,35)/t21-,22-/m0/s1. The van der Waals surface area contributed by atoms with Crippen LogP contribution in [0, 0.1) is 18.3 Å². The molecule has 10 heteroatoms. The number of amides is 1. The number of benzene rings is 1. The summed E-state index contributed by atoms with van der Waals surface area (Å²) >= 11 is 0. The summed E-state index contributed by atoms with van der Waals surface area (Å²) in [6, 6.07) is 7.01. The Hall–Kier alpha value is -4.10. The number of aromatic amines is 1. The number of carbonyl (C=O) groups is 1. The van der Waals surface area contributed by atoms with Crippen molar-refractivity contribution >= 4 is 28.2 Å². The van der Waals surface area contributed by atoms with Crippen LogP contribution in [-0.2, 0) is 17.8 Å². The summed E-state index contributed by atoms with van der Waals surface area (Å²) in [5, 5.41) is 19.0. The van der Waals surface area contributed by atoms with Gasteiger partial charge in [-0.1, -0.05) is 12.6 Å². The third-order valence-electron chi connectivity index (χ3n) is 9.00. The second-order valence-electron chi connectivity index (χ2n) is 11.5. The van der Waals surface area contributed by atoms with Crippen molar-refractivity contribution in [3.05, 3.63) is 53.4 Å². The van der Waals surface area contributed by atoms with E-state index in [1.807, 2.05) is 11.1 Å². The molecule has 2 saturated heterocycles. The van der Waals surface area contributed by atoms with E-state index in [1.165, 1.54) is 11.6 Å². The maximum atomic E-state index is 12.4. The molecule has 2 atom stereocenters. The van der Waals surface area contributed by atoms with E-state index >= 15 is 0 Å². The Labute approximate surface area is 241 Å². The lowest BCUT2D eigenvalue weighted by Crippen LogP contribution is -2.54. The normalized spacial score (nSPS) is 21.2. The van der Waals surface area contributed by atoms with Crippen LogP contribution >= 0.6 is 0 Å². The number of aromatic nitrogens is 3. The minimum atomic E-state index is -0.0575. The van der Waals surface area contributed by atoms with Crippen LogP contribution in [0.2, 0.25) is 0 Å². The third-order valence-corrected chi connectivity index (χ3v) is 9.00. The van der Waals surface area contributed by atoms with Crippen LogP contribution in [0.3, 0.4) is 0 Å². The molecule has 41 heavy (non-hydrogen) atoms. The summed E-state index contributed by atoms with van der Waals surface area (Å²) in [5.41, 5.74) is 6.83. The van der Waals surface area contributed by atoms with Gasteiger partial charge in [0, 0.05) is 49.2 Å². The van der Waals surface area contributed by atoms with Crippen molar-refractivity contribution in [2.75, 3.05) is 56.2 Å². The Morgan fingerprint density at radius 1 is 1.27 bits per heavy atom. The van der Waals surface area contributed by atoms with Crippen molar-refractivity contribution in [2.45, 2.75) is 51.7 Å². The number of H-pyrrole nitrogens is 1. The van der Waals surface area contributed by atoms with Gasteiger partial charge in [0.1, 0.15) is 18.2 Å². The fourth-order valence-electron chi connectivity index (χ4n) is 6.76. The molecular formula is C31H38N8O2. The number of likely N-dealkylation sites (tertiary alicyclic amines) is 1. The minimum absolute atomic E-state index is 0.0278. The number of fused-ring (bicyclic) bond motifs is 2. The molecule has 1 N–H and O–H groups in total. The third kappa shape index (κ3) is 4.88. The van der Waals surface area contributed by atoms with Gasteiger partial charge in [0.15, 0.2) is 0 Å². The second kappa shape index (κ2) is 11.1. The van der Waals surface area contributed by atoms with E-state index < -0.39 is 0 Å². The van der Waals surface area contributed by atoms with Crippen LogP contribution in [-0.4, -0.2) is 89.4 Å². The van der Waals surface area contributed by atoms with Crippen LogP contribution in [0.1, 0.15) is 42.1 Å². The molecule has 6 rings (SSSR count). The Morgan fingerprint density at radius 2 is 2.12 bits per heavy atom. The quantitative estimate of drug-likeness (QED) is 0.463. The zero-order valence-electron chi connectivity index (χ0n) is 24.2. The minimum Gasteiger partial charge on any atom is -0.475 e. The first-order valence-corrected chi connectivity index (χ1v) is 14.5.